The number of rotatable bonds is 1. The Hall–Kier alpha value is -0.670. The molecule has 0 radical (unpaired) electrons. The third kappa shape index (κ3) is 1.67. The van der Waals surface area contributed by atoms with Gasteiger partial charge in [-0.2, -0.15) is 0 Å². The van der Waals surface area contributed by atoms with Crippen molar-refractivity contribution < 1.29 is 4.74 Å². The van der Waals surface area contributed by atoms with Crippen LogP contribution in [0.25, 0.3) is 0 Å². The van der Waals surface area contributed by atoms with E-state index in [0.29, 0.717) is 0 Å². The highest BCUT2D eigenvalue weighted by Gasteiger charge is 2.17. The van der Waals surface area contributed by atoms with Gasteiger partial charge in [0.1, 0.15) is 5.75 Å². The maximum atomic E-state index is 5.98. The van der Waals surface area contributed by atoms with Crippen molar-refractivity contribution in [2.45, 2.75) is 17.4 Å². The molecule has 2 rings (SSSR count). The van der Waals surface area contributed by atoms with E-state index in [0.717, 1.165) is 24.3 Å². The van der Waals surface area contributed by atoms with Gasteiger partial charge in [-0.05, 0) is 24.5 Å². The summed E-state index contributed by atoms with van der Waals surface area (Å²) in [5.74, 6) is 0.955. The first-order valence-electron chi connectivity index (χ1n) is 4.37. The molecule has 1 aliphatic heterocycles. The number of thioether (sulfide) groups is 1. The van der Waals surface area contributed by atoms with E-state index in [-0.39, 0.29) is 6.04 Å². The Morgan fingerprint density at radius 2 is 2.38 bits per heavy atom. The SMILES string of the molecule is CSc1ccc2c(c1)[C@H](N)CCO2. The van der Waals surface area contributed by atoms with Crippen LogP contribution in [-0.4, -0.2) is 12.9 Å². The van der Waals surface area contributed by atoms with Gasteiger partial charge in [-0.3, -0.25) is 0 Å². The van der Waals surface area contributed by atoms with E-state index in [4.69, 9.17) is 10.5 Å². The molecule has 1 atom stereocenters. The van der Waals surface area contributed by atoms with Gasteiger partial charge in [-0.25, -0.2) is 0 Å². The van der Waals surface area contributed by atoms with Gasteiger partial charge in [-0.1, -0.05) is 0 Å². The molecule has 0 amide bonds. The lowest BCUT2D eigenvalue weighted by Gasteiger charge is -2.23. The lowest BCUT2D eigenvalue weighted by atomic mass is 10.0. The van der Waals surface area contributed by atoms with Crippen molar-refractivity contribution in [1.29, 1.82) is 0 Å². The molecule has 0 aromatic heterocycles. The molecule has 0 fully saturated rings. The Balaban J connectivity index is 2.41. The predicted octanol–water partition coefficient (Wildman–Crippen LogP) is 2.19. The van der Waals surface area contributed by atoms with Crippen LogP contribution in [0.4, 0.5) is 0 Å². The zero-order valence-corrected chi connectivity index (χ0v) is 8.43. The number of hydrogen-bond acceptors (Lipinski definition) is 3. The second kappa shape index (κ2) is 3.60. The van der Waals surface area contributed by atoms with Crippen molar-refractivity contribution in [3.05, 3.63) is 23.8 Å². The fourth-order valence-corrected chi connectivity index (χ4v) is 1.98. The van der Waals surface area contributed by atoms with E-state index in [9.17, 15) is 0 Å². The molecule has 0 spiro atoms. The Morgan fingerprint density at radius 1 is 1.54 bits per heavy atom. The third-order valence-electron chi connectivity index (χ3n) is 2.30. The van der Waals surface area contributed by atoms with Gasteiger partial charge in [0.25, 0.3) is 0 Å². The summed E-state index contributed by atoms with van der Waals surface area (Å²) in [6, 6.07) is 6.36. The van der Waals surface area contributed by atoms with Gasteiger partial charge >= 0.3 is 0 Å². The minimum atomic E-state index is 0.149. The van der Waals surface area contributed by atoms with Crippen molar-refractivity contribution in [2.75, 3.05) is 12.9 Å². The molecule has 1 aromatic carbocycles. The number of nitrogens with two attached hydrogens (primary N) is 1. The Morgan fingerprint density at radius 3 is 3.15 bits per heavy atom. The van der Waals surface area contributed by atoms with E-state index in [2.05, 4.69) is 18.4 Å². The summed E-state index contributed by atoms with van der Waals surface area (Å²) in [5.41, 5.74) is 7.13. The van der Waals surface area contributed by atoms with Gasteiger partial charge in [0.15, 0.2) is 0 Å². The molecule has 3 heteroatoms. The summed E-state index contributed by atoms with van der Waals surface area (Å²) >= 11 is 1.73. The zero-order valence-electron chi connectivity index (χ0n) is 7.62. The monoisotopic (exact) mass is 195 g/mol. The summed E-state index contributed by atoms with van der Waals surface area (Å²) in [4.78, 5) is 1.25. The molecule has 13 heavy (non-hydrogen) atoms. The number of hydrogen-bond donors (Lipinski definition) is 1. The summed E-state index contributed by atoms with van der Waals surface area (Å²) in [7, 11) is 0. The number of fused-ring (bicyclic) bond motifs is 1. The van der Waals surface area contributed by atoms with Crippen LogP contribution in [0.15, 0.2) is 23.1 Å². The van der Waals surface area contributed by atoms with Crippen LogP contribution in [0.3, 0.4) is 0 Å². The van der Waals surface area contributed by atoms with Crippen molar-refractivity contribution >= 4 is 11.8 Å². The third-order valence-corrected chi connectivity index (χ3v) is 3.03. The molecule has 0 saturated carbocycles. The van der Waals surface area contributed by atoms with E-state index in [1.807, 2.05) is 6.07 Å². The van der Waals surface area contributed by atoms with E-state index in [1.54, 1.807) is 11.8 Å². The summed E-state index contributed by atoms with van der Waals surface area (Å²) in [6.45, 7) is 0.743. The highest BCUT2D eigenvalue weighted by atomic mass is 32.2. The topological polar surface area (TPSA) is 35.2 Å². The van der Waals surface area contributed by atoms with Crippen LogP contribution in [0.5, 0.6) is 5.75 Å². The molecule has 70 valence electrons. The van der Waals surface area contributed by atoms with Crippen LogP contribution in [0.1, 0.15) is 18.0 Å². The minimum Gasteiger partial charge on any atom is -0.493 e. The molecular formula is C10H13NOS. The Kier molecular flexibility index (Phi) is 2.47. The molecule has 0 saturated heterocycles. The van der Waals surface area contributed by atoms with Crippen molar-refractivity contribution in [3.63, 3.8) is 0 Å². The van der Waals surface area contributed by atoms with E-state index in [1.165, 1.54) is 4.90 Å². The van der Waals surface area contributed by atoms with Crippen LogP contribution < -0.4 is 10.5 Å². The predicted molar refractivity (Wildman–Crippen MR) is 55.3 cm³/mol. The summed E-state index contributed by atoms with van der Waals surface area (Å²) in [6.07, 6.45) is 2.99. The Labute approximate surface area is 82.5 Å². The van der Waals surface area contributed by atoms with Gasteiger partial charge in [0.2, 0.25) is 0 Å². The van der Waals surface area contributed by atoms with Crippen LogP contribution in [-0.2, 0) is 0 Å². The number of benzene rings is 1. The molecule has 1 aromatic rings. The Bertz CT molecular complexity index is 314. The maximum absolute atomic E-state index is 5.98. The highest BCUT2D eigenvalue weighted by molar-refractivity contribution is 7.98. The smallest absolute Gasteiger partial charge is 0.124 e. The fraction of sp³-hybridized carbons (Fsp3) is 0.400. The summed E-state index contributed by atoms with van der Waals surface area (Å²) < 4.78 is 5.50. The second-order valence-electron chi connectivity index (χ2n) is 3.15. The minimum absolute atomic E-state index is 0.149. The molecule has 0 bridgehead atoms. The zero-order chi connectivity index (χ0) is 9.26. The molecule has 0 aliphatic carbocycles. The van der Waals surface area contributed by atoms with Crippen LogP contribution in [0, 0.1) is 0 Å². The first-order valence-corrected chi connectivity index (χ1v) is 5.60. The quantitative estimate of drug-likeness (QED) is 0.698. The molecule has 2 N–H and O–H groups in total. The lowest BCUT2D eigenvalue weighted by Crippen LogP contribution is -2.20. The standard InChI is InChI=1S/C10H13NOS/c1-13-7-2-3-10-8(6-7)9(11)4-5-12-10/h2-3,6,9H,4-5,11H2,1H3/t9-/m1/s1. The molecule has 2 nitrogen and oxygen atoms in total. The fourth-order valence-electron chi connectivity index (χ4n) is 1.53. The average Bonchev–Trinajstić information content (AvgIpc) is 2.18. The number of ether oxygens (including phenoxy) is 1. The van der Waals surface area contributed by atoms with Gasteiger partial charge in [0.05, 0.1) is 6.61 Å². The summed E-state index contributed by atoms with van der Waals surface area (Å²) in [5, 5.41) is 0. The first kappa shape index (κ1) is 8.91. The van der Waals surface area contributed by atoms with Gasteiger partial charge in [-0.15, -0.1) is 11.8 Å². The average molecular weight is 195 g/mol. The largest absolute Gasteiger partial charge is 0.493 e. The van der Waals surface area contributed by atoms with E-state index < -0.39 is 0 Å². The highest BCUT2D eigenvalue weighted by Crippen LogP contribution is 2.33. The lowest BCUT2D eigenvalue weighted by molar-refractivity contribution is 0.268. The van der Waals surface area contributed by atoms with Crippen LogP contribution >= 0.6 is 11.8 Å². The first-order chi connectivity index (χ1) is 6.31. The van der Waals surface area contributed by atoms with Crippen molar-refractivity contribution in [3.8, 4) is 5.75 Å². The van der Waals surface area contributed by atoms with Crippen LogP contribution in [0.2, 0.25) is 0 Å². The molecular weight excluding hydrogens is 182 g/mol. The molecule has 1 aliphatic rings. The van der Waals surface area contributed by atoms with Gasteiger partial charge < -0.3 is 10.5 Å². The maximum Gasteiger partial charge on any atom is 0.124 e. The van der Waals surface area contributed by atoms with Gasteiger partial charge in [0, 0.05) is 22.9 Å². The van der Waals surface area contributed by atoms with Crippen molar-refractivity contribution in [1.82, 2.24) is 0 Å². The van der Waals surface area contributed by atoms with Crippen molar-refractivity contribution in [2.24, 2.45) is 5.73 Å². The molecule has 0 unspecified atom stereocenters. The normalized spacial score (nSPS) is 20.6. The van der Waals surface area contributed by atoms with E-state index >= 15 is 0 Å². The second-order valence-corrected chi connectivity index (χ2v) is 4.03. The molecule has 1 heterocycles.